The lowest BCUT2D eigenvalue weighted by atomic mass is 10.1. The first-order valence-corrected chi connectivity index (χ1v) is 7.91. The summed E-state index contributed by atoms with van der Waals surface area (Å²) in [5.74, 6) is -0.522. The number of rotatable bonds is 3. The Morgan fingerprint density at radius 2 is 1.96 bits per heavy atom. The van der Waals surface area contributed by atoms with Crippen molar-refractivity contribution in [3.63, 3.8) is 0 Å². The molecule has 0 radical (unpaired) electrons. The fourth-order valence-corrected chi connectivity index (χ4v) is 3.11. The fraction of sp³-hybridized carbons (Fsp3) is 0.562. The summed E-state index contributed by atoms with van der Waals surface area (Å²) < 4.78 is 50.2. The van der Waals surface area contributed by atoms with Crippen molar-refractivity contribution in [2.45, 2.75) is 43.8 Å². The van der Waals surface area contributed by atoms with Gasteiger partial charge in [0.05, 0.1) is 17.9 Å². The van der Waals surface area contributed by atoms with E-state index in [9.17, 15) is 18.0 Å². The van der Waals surface area contributed by atoms with E-state index >= 15 is 0 Å². The van der Waals surface area contributed by atoms with Gasteiger partial charge in [-0.2, -0.15) is 13.2 Å². The molecule has 2 amide bonds. The molecular weight excluding hydrogens is 325 g/mol. The molecule has 1 atom stereocenters. The van der Waals surface area contributed by atoms with Gasteiger partial charge in [-0.1, -0.05) is 12.1 Å². The number of ether oxygens (including phenoxy) is 2. The van der Waals surface area contributed by atoms with Crippen molar-refractivity contribution in [2.75, 3.05) is 18.5 Å². The molecule has 0 bridgehead atoms. The van der Waals surface area contributed by atoms with E-state index in [1.54, 1.807) is 0 Å². The van der Waals surface area contributed by atoms with Crippen molar-refractivity contribution < 1.29 is 27.4 Å². The molecule has 1 aliphatic carbocycles. The first-order chi connectivity index (χ1) is 11.4. The third-order valence-electron chi connectivity index (χ3n) is 4.25. The summed E-state index contributed by atoms with van der Waals surface area (Å²) in [4.78, 5) is 11.9. The molecule has 5 nitrogen and oxygen atoms in total. The first-order valence-electron chi connectivity index (χ1n) is 7.91. The second-order valence-corrected chi connectivity index (χ2v) is 6.05. The third-order valence-corrected chi connectivity index (χ3v) is 4.25. The van der Waals surface area contributed by atoms with E-state index < -0.39 is 23.6 Å². The topological polar surface area (TPSA) is 59.6 Å². The Balaban J connectivity index is 1.52. The number of hydrogen-bond donors (Lipinski definition) is 2. The van der Waals surface area contributed by atoms with E-state index in [4.69, 9.17) is 9.47 Å². The molecule has 132 valence electrons. The lowest BCUT2D eigenvalue weighted by Gasteiger charge is -2.22. The summed E-state index contributed by atoms with van der Waals surface area (Å²) in [5, 5.41) is 4.77. The minimum atomic E-state index is -4.53. The summed E-state index contributed by atoms with van der Waals surface area (Å²) in [6.07, 6.45) is -1.03. The average molecular weight is 344 g/mol. The normalized spacial score (nSPS) is 22.7. The van der Waals surface area contributed by atoms with Crippen molar-refractivity contribution >= 4 is 11.7 Å². The molecule has 1 saturated carbocycles. The Kier molecular flexibility index (Phi) is 4.69. The predicted octanol–water partition coefficient (Wildman–Crippen LogP) is 3.51. The Bertz CT molecular complexity index is 600. The maximum absolute atomic E-state index is 12.9. The van der Waals surface area contributed by atoms with Crippen LogP contribution < -0.4 is 10.6 Å². The highest BCUT2D eigenvalue weighted by atomic mass is 19.4. The monoisotopic (exact) mass is 344 g/mol. The number of amides is 2. The van der Waals surface area contributed by atoms with Gasteiger partial charge in [0.15, 0.2) is 5.79 Å². The molecule has 3 rings (SSSR count). The summed E-state index contributed by atoms with van der Waals surface area (Å²) >= 11 is 0. The number of anilines is 1. The number of para-hydroxylation sites is 1. The second kappa shape index (κ2) is 6.60. The van der Waals surface area contributed by atoms with Gasteiger partial charge in [-0.05, 0) is 25.0 Å². The van der Waals surface area contributed by atoms with Crippen LogP contribution >= 0.6 is 0 Å². The maximum Gasteiger partial charge on any atom is 0.418 e. The van der Waals surface area contributed by atoms with Gasteiger partial charge < -0.3 is 20.1 Å². The van der Waals surface area contributed by atoms with Crippen LogP contribution in [0, 0.1) is 0 Å². The van der Waals surface area contributed by atoms with Crippen LogP contribution in [0.4, 0.5) is 23.7 Å². The number of nitrogens with one attached hydrogen (secondary N) is 2. The van der Waals surface area contributed by atoms with Crippen molar-refractivity contribution in [3.05, 3.63) is 29.8 Å². The van der Waals surface area contributed by atoms with Crippen LogP contribution in [0.25, 0.3) is 0 Å². The van der Waals surface area contributed by atoms with E-state index in [-0.39, 0.29) is 18.3 Å². The molecule has 2 aliphatic rings. The van der Waals surface area contributed by atoms with Gasteiger partial charge in [-0.15, -0.1) is 0 Å². The quantitative estimate of drug-likeness (QED) is 0.882. The summed E-state index contributed by atoms with van der Waals surface area (Å²) in [5.41, 5.74) is -1.16. The zero-order valence-corrected chi connectivity index (χ0v) is 13.0. The summed E-state index contributed by atoms with van der Waals surface area (Å²) in [6.45, 7) is 0.557. The highest BCUT2D eigenvalue weighted by Gasteiger charge is 2.43. The van der Waals surface area contributed by atoms with Crippen molar-refractivity contribution in [1.29, 1.82) is 0 Å². The molecule has 0 aromatic heterocycles. The Labute approximate surface area is 137 Å². The average Bonchev–Trinajstić information content (AvgIpc) is 3.15. The van der Waals surface area contributed by atoms with Crippen LogP contribution in [0.2, 0.25) is 0 Å². The Morgan fingerprint density at radius 1 is 1.25 bits per heavy atom. The van der Waals surface area contributed by atoms with Crippen LogP contribution in [0.5, 0.6) is 0 Å². The highest BCUT2D eigenvalue weighted by Crippen LogP contribution is 2.39. The van der Waals surface area contributed by atoms with Crippen molar-refractivity contribution in [1.82, 2.24) is 5.32 Å². The van der Waals surface area contributed by atoms with Gasteiger partial charge in [0, 0.05) is 19.4 Å². The first kappa shape index (κ1) is 17.0. The smallest absolute Gasteiger partial charge is 0.347 e. The number of alkyl halides is 3. The highest BCUT2D eigenvalue weighted by molar-refractivity contribution is 5.90. The van der Waals surface area contributed by atoms with E-state index in [0.717, 1.165) is 31.7 Å². The molecule has 2 N–H and O–H groups in total. The SMILES string of the molecule is O=C(NCC1COC2(CCCC2)O1)Nc1ccccc1C(F)(F)F. The number of carbonyl (C=O) groups is 1. The molecule has 1 heterocycles. The maximum atomic E-state index is 12.9. The molecule has 2 fully saturated rings. The number of carbonyl (C=O) groups excluding carboxylic acids is 1. The molecular formula is C16H19F3N2O3. The van der Waals surface area contributed by atoms with E-state index in [2.05, 4.69) is 10.6 Å². The summed E-state index contributed by atoms with van der Waals surface area (Å²) in [6, 6.07) is 4.14. The lowest BCUT2D eigenvalue weighted by molar-refractivity contribution is -0.160. The van der Waals surface area contributed by atoms with Crippen LogP contribution in [0.1, 0.15) is 31.2 Å². The van der Waals surface area contributed by atoms with Gasteiger partial charge in [0.1, 0.15) is 6.10 Å². The predicted molar refractivity (Wildman–Crippen MR) is 80.5 cm³/mol. The van der Waals surface area contributed by atoms with Crippen LogP contribution in [0.3, 0.4) is 0 Å². The minimum absolute atomic E-state index is 0.182. The molecule has 1 aromatic carbocycles. The zero-order chi connectivity index (χ0) is 17.2. The number of benzene rings is 1. The minimum Gasteiger partial charge on any atom is -0.347 e. The van der Waals surface area contributed by atoms with Gasteiger partial charge in [0.2, 0.25) is 0 Å². The zero-order valence-electron chi connectivity index (χ0n) is 13.0. The Hall–Kier alpha value is -1.80. The van der Waals surface area contributed by atoms with Gasteiger partial charge in [0.25, 0.3) is 0 Å². The molecule has 8 heteroatoms. The van der Waals surface area contributed by atoms with Gasteiger partial charge in [-0.3, -0.25) is 0 Å². The molecule has 1 aliphatic heterocycles. The van der Waals surface area contributed by atoms with Crippen LogP contribution in [-0.2, 0) is 15.7 Å². The number of halogens is 3. The van der Waals surface area contributed by atoms with Crippen molar-refractivity contribution in [3.8, 4) is 0 Å². The van der Waals surface area contributed by atoms with Crippen LogP contribution in [0.15, 0.2) is 24.3 Å². The largest absolute Gasteiger partial charge is 0.418 e. The number of urea groups is 1. The van der Waals surface area contributed by atoms with Crippen LogP contribution in [-0.4, -0.2) is 31.1 Å². The number of hydrogen-bond acceptors (Lipinski definition) is 3. The standard InChI is InChI=1S/C16H19F3N2O3/c17-16(18,19)12-5-1-2-6-13(12)21-14(22)20-9-11-10-23-15(24-11)7-3-4-8-15/h1-2,5-6,11H,3-4,7-10H2,(H2,20,21,22). The van der Waals surface area contributed by atoms with E-state index in [1.807, 2.05) is 0 Å². The van der Waals surface area contributed by atoms with Gasteiger partial charge >= 0.3 is 12.2 Å². The molecule has 1 spiro atoms. The molecule has 1 unspecified atom stereocenters. The molecule has 1 aromatic rings. The lowest BCUT2D eigenvalue weighted by Crippen LogP contribution is -2.37. The Morgan fingerprint density at radius 3 is 2.67 bits per heavy atom. The van der Waals surface area contributed by atoms with E-state index in [0.29, 0.717) is 6.61 Å². The molecule has 1 saturated heterocycles. The van der Waals surface area contributed by atoms with Gasteiger partial charge in [-0.25, -0.2) is 4.79 Å². The van der Waals surface area contributed by atoms with E-state index in [1.165, 1.54) is 18.2 Å². The fourth-order valence-electron chi connectivity index (χ4n) is 3.11. The summed E-state index contributed by atoms with van der Waals surface area (Å²) in [7, 11) is 0. The third kappa shape index (κ3) is 3.81. The van der Waals surface area contributed by atoms with Crippen molar-refractivity contribution in [2.24, 2.45) is 0 Å². The molecule has 24 heavy (non-hydrogen) atoms. The second-order valence-electron chi connectivity index (χ2n) is 6.05.